The topological polar surface area (TPSA) is 41.6 Å². The molecule has 1 N–H and O–H groups in total. The van der Waals surface area contributed by atoms with Crippen molar-refractivity contribution in [3.05, 3.63) is 35.4 Å². The van der Waals surface area contributed by atoms with Crippen LogP contribution in [0.5, 0.6) is 0 Å². The maximum atomic E-state index is 12.2. The second kappa shape index (κ2) is 9.52. The maximum Gasteiger partial charge on any atom is 0.220 e. The lowest BCUT2D eigenvalue weighted by atomic mass is 9.91. The van der Waals surface area contributed by atoms with Crippen molar-refractivity contribution in [1.29, 1.82) is 0 Å². The van der Waals surface area contributed by atoms with Gasteiger partial charge in [-0.3, -0.25) is 9.69 Å². The van der Waals surface area contributed by atoms with Crippen molar-refractivity contribution in [2.75, 3.05) is 19.7 Å². The smallest absolute Gasteiger partial charge is 0.220 e. The van der Waals surface area contributed by atoms with Crippen LogP contribution in [0.4, 0.5) is 0 Å². The van der Waals surface area contributed by atoms with Gasteiger partial charge in [0.1, 0.15) is 0 Å². The van der Waals surface area contributed by atoms with Gasteiger partial charge in [-0.2, -0.15) is 0 Å². The molecule has 0 radical (unpaired) electrons. The summed E-state index contributed by atoms with van der Waals surface area (Å²) in [6.07, 6.45) is 5.26. The number of nitrogens with one attached hydrogen (secondary N) is 1. The number of piperidine rings is 1. The lowest BCUT2D eigenvalue weighted by Gasteiger charge is -2.35. The maximum absolute atomic E-state index is 12.2. The van der Waals surface area contributed by atoms with E-state index in [-0.39, 0.29) is 12.0 Å². The fraction of sp³-hybridized carbons (Fsp3) is 0.682. The molecule has 0 aromatic heterocycles. The van der Waals surface area contributed by atoms with Crippen LogP contribution < -0.4 is 5.32 Å². The number of hydrogen-bond donors (Lipinski definition) is 1. The molecular formula is C22H34N2O2. The largest absolute Gasteiger partial charge is 0.378 e. The zero-order valence-corrected chi connectivity index (χ0v) is 16.4. The third-order valence-electron chi connectivity index (χ3n) is 5.65. The molecule has 0 unspecified atom stereocenters. The van der Waals surface area contributed by atoms with Crippen LogP contribution in [0.1, 0.15) is 57.1 Å². The molecule has 0 aliphatic carbocycles. The van der Waals surface area contributed by atoms with E-state index in [9.17, 15) is 4.79 Å². The first-order chi connectivity index (χ1) is 12.6. The first-order valence-electron chi connectivity index (χ1n) is 10.3. The monoisotopic (exact) mass is 358 g/mol. The Morgan fingerprint density at radius 3 is 2.62 bits per heavy atom. The van der Waals surface area contributed by atoms with Gasteiger partial charge in [-0.05, 0) is 48.6 Å². The minimum absolute atomic E-state index is 0.135. The van der Waals surface area contributed by atoms with Gasteiger partial charge in [-0.15, -0.1) is 0 Å². The van der Waals surface area contributed by atoms with Gasteiger partial charge in [0.05, 0.1) is 6.10 Å². The van der Waals surface area contributed by atoms with Crippen molar-refractivity contribution >= 4 is 5.91 Å². The molecule has 2 heterocycles. The zero-order valence-electron chi connectivity index (χ0n) is 16.4. The first kappa shape index (κ1) is 19.4. The Bertz CT molecular complexity index is 573. The van der Waals surface area contributed by atoms with E-state index in [1.54, 1.807) is 0 Å². The van der Waals surface area contributed by atoms with Crippen LogP contribution in [-0.2, 0) is 22.6 Å². The summed E-state index contributed by atoms with van der Waals surface area (Å²) in [6.45, 7) is 9.51. The van der Waals surface area contributed by atoms with Crippen molar-refractivity contribution < 1.29 is 9.53 Å². The third-order valence-corrected chi connectivity index (χ3v) is 5.65. The molecule has 2 aliphatic rings. The van der Waals surface area contributed by atoms with Crippen molar-refractivity contribution in [2.24, 2.45) is 11.8 Å². The molecule has 0 spiro atoms. The summed E-state index contributed by atoms with van der Waals surface area (Å²) in [5.74, 6) is 1.67. The van der Waals surface area contributed by atoms with Crippen molar-refractivity contribution in [3.63, 3.8) is 0 Å². The van der Waals surface area contributed by atoms with Crippen LogP contribution in [0.25, 0.3) is 0 Å². The minimum Gasteiger partial charge on any atom is -0.378 e. The van der Waals surface area contributed by atoms with E-state index in [0.29, 0.717) is 13.0 Å². The SMILES string of the molecule is C[C@@H]1C[C@H](C)CN(Cc2ccccc2CNC(=O)CC[C@@H]2CCCO2)C1. The molecule has 0 bridgehead atoms. The second-order valence-electron chi connectivity index (χ2n) is 8.36. The summed E-state index contributed by atoms with van der Waals surface area (Å²) >= 11 is 0. The number of rotatable bonds is 7. The van der Waals surface area contributed by atoms with E-state index in [2.05, 4.69) is 48.3 Å². The summed E-state index contributed by atoms with van der Waals surface area (Å²) < 4.78 is 5.60. The molecule has 144 valence electrons. The fourth-order valence-electron chi connectivity index (χ4n) is 4.49. The molecule has 4 nitrogen and oxygen atoms in total. The van der Waals surface area contributed by atoms with Crippen LogP contribution >= 0.6 is 0 Å². The molecule has 26 heavy (non-hydrogen) atoms. The van der Waals surface area contributed by atoms with Gasteiger partial charge < -0.3 is 10.1 Å². The van der Waals surface area contributed by atoms with E-state index in [0.717, 1.165) is 44.2 Å². The molecule has 1 amide bonds. The van der Waals surface area contributed by atoms with Gasteiger partial charge in [-0.25, -0.2) is 0 Å². The highest BCUT2D eigenvalue weighted by atomic mass is 16.5. The van der Waals surface area contributed by atoms with E-state index in [4.69, 9.17) is 4.74 Å². The summed E-state index contributed by atoms with van der Waals surface area (Å²) in [7, 11) is 0. The van der Waals surface area contributed by atoms with E-state index < -0.39 is 0 Å². The molecule has 4 heteroatoms. The average molecular weight is 359 g/mol. The van der Waals surface area contributed by atoms with Crippen LogP contribution in [0.2, 0.25) is 0 Å². The lowest BCUT2D eigenvalue weighted by Crippen LogP contribution is -2.38. The van der Waals surface area contributed by atoms with Gasteiger partial charge >= 0.3 is 0 Å². The quantitative estimate of drug-likeness (QED) is 0.807. The Hall–Kier alpha value is -1.39. The number of benzene rings is 1. The summed E-state index contributed by atoms with van der Waals surface area (Å²) in [6, 6.07) is 8.53. The molecule has 2 fully saturated rings. The summed E-state index contributed by atoms with van der Waals surface area (Å²) in [5.41, 5.74) is 2.58. The fourth-order valence-corrected chi connectivity index (χ4v) is 4.49. The highest BCUT2D eigenvalue weighted by Crippen LogP contribution is 2.23. The number of hydrogen-bond acceptors (Lipinski definition) is 3. The number of amides is 1. The van der Waals surface area contributed by atoms with Crippen LogP contribution in [0, 0.1) is 11.8 Å². The number of ether oxygens (including phenoxy) is 1. The number of carbonyl (C=O) groups is 1. The molecule has 0 saturated carbocycles. The molecule has 1 aromatic rings. The molecule has 2 aliphatic heterocycles. The molecule has 2 saturated heterocycles. The standard InChI is InChI=1S/C22H34N2O2/c1-17-12-18(2)15-24(14-17)16-20-7-4-3-6-19(20)13-23-22(25)10-9-21-8-5-11-26-21/h3-4,6-7,17-18,21H,5,8-16H2,1-2H3,(H,23,25)/t17-,18+,21-/m0/s1. The molecule has 3 atom stereocenters. The summed E-state index contributed by atoms with van der Waals surface area (Å²) in [4.78, 5) is 14.7. The highest BCUT2D eigenvalue weighted by Gasteiger charge is 2.22. The van der Waals surface area contributed by atoms with Crippen molar-refractivity contribution in [1.82, 2.24) is 10.2 Å². The van der Waals surface area contributed by atoms with Crippen LogP contribution in [0.15, 0.2) is 24.3 Å². The van der Waals surface area contributed by atoms with Gasteiger partial charge in [0.2, 0.25) is 5.91 Å². The van der Waals surface area contributed by atoms with Gasteiger partial charge in [0, 0.05) is 39.2 Å². The summed E-state index contributed by atoms with van der Waals surface area (Å²) in [5, 5.41) is 3.11. The predicted molar refractivity (Wildman–Crippen MR) is 105 cm³/mol. The third kappa shape index (κ3) is 5.82. The minimum atomic E-state index is 0.135. The predicted octanol–water partition coefficient (Wildman–Crippen LogP) is 3.74. The molecular weight excluding hydrogens is 324 g/mol. The number of likely N-dealkylation sites (tertiary alicyclic amines) is 1. The second-order valence-corrected chi connectivity index (χ2v) is 8.36. The average Bonchev–Trinajstić information content (AvgIpc) is 3.12. The van der Waals surface area contributed by atoms with E-state index in [1.807, 2.05) is 0 Å². The Labute approximate surface area is 158 Å². The van der Waals surface area contributed by atoms with Crippen molar-refractivity contribution in [3.8, 4) is 0 Å². The Morgan fingerprint density at radius 1 is 1.19 bits per heavy atom. The number of carbonyl (C=O) groups excluding carboxylic acids is 1. The first-order valence-corrected chi connectivity index (χ1v) is 10.3. The van der Waals surface area contributed by atoms with Gasteiger partial charge in [0.25, 0.3) is 0 Å². The van der Waals surface area contributed by atoms with Crippen molar-refractivity contribution in [2.45, 2.75) is 65.1 Å². The van der Waals surface area contributed by atoms with Crippen LogP contribution in [-0.4, -0.2) is 36.6 Å². The Kier molecular flexibility index (Phi) is 7.09. The normalized spacial score (nSPS) is 26.8. The molecule has 3 rings (SSSR count). The molecule has 1 aromatic carbocycles. The lowest BCUT2D eigenvalue weighted by molar-refractivity contribution is -0.121. The van der Waals surface area contributed by atoms with E-state index >= 15 is 0 Å². The zero-order chi connectivity index (χ0) is 18.4. The van der Waals surface area contributed by atoms with E-state index in [1.165, 1.54) is 30.6 Å². The van der Waals surface area contributed by atoms with Gasteiger partial charge in [0.15, 0.2) is 0 Å². The highest BCUT2D eigenvalue weighted by molar-refractivity contribution is 5.75. The van der Waals surface area contributed by atoms with Gasteiger partial charge in [-0.1, -0.05) is 38.1 Å². The Balaban J connectivity index is 1.49. The Morgan fingerprint density at radius 2 is 1.92 bits per heavy atom. The number of nitrogens with zero attached hydrogens (tertiary/aromatic N) is 1. The van der Waals surface area contributed by atoms with Crippen LogP contribution in [0.3, 0.4) is 0 Å².